The molecule has 0 fully saturated rings. The third-order valence-corrected chi connectivity index (χ3v) is 8.21. The van der Waals surface area contributed by atoms with Crippen molar-refractivity contribution >= 4 is 43.6 Å². The third-order valence-electron chi connectivity index (χ3n) is 6.17. The number of carbonyl (C=O) groups is 1. The number of pyridine rings is 1. The summed E-state index contributed by atoms with van der Waals surface area (Å²) >= 11 is 0. The molecule has 2 aromatic carbocycles. The Hall–Kier alpha value is -3.30. The molecule has 0 atom stereocenters. The Labute approximate surface area is 206 Å². The summed E-state index contributed by atoms with van der Waals surface area (Å²) in [6.07, 6.45) is 0.680. The van der Waals surface area contributed by atoms with Crippen LogP contribution in [0.2, 0.25) is 0 Å². The van der Waals surface area contributed by atoms with Crippen molar-refractivity contribution in [2.24, 2.45) is 0 Å². The Morgan fingerprint density at radius 1 is 1.03 bits per heavy atom. The maximum absolute atomic E-state index is 12.9. The number of nitrogens with zero attached hydrogens (tertiary/aromatic N) is 4. The van der Waals surface area contributed by atoms with Gasteiger partial charge in [-0.05, 0) is 44.2 Å². The van der Waals surface area contributed by atoms with Gasteiger partial charge in [-0.3, -0.25) is 9.78 Å². The number of hydrogen-bond acceptors (Lipinski definition) is 5. The Balaban J connectivity index is 1.55. The van der Waals surface area contributed by atoms with Crippen LogP contribution in [0.15, 0.2) is 53.4 Å². The fraction of sp³-hybridized carbons (Fsp3) is 0.346. The first-order valence-corrected chi connectivity index (χ1v) is 13.4. The molecule has 0 radical (unpaired) electrons. The number of aromatic nitrogens is 3. The van der Waals surface area contributed by atoms with Gasteiger partial charge in [-0.15, -0.1) is 0 Å². The summed E-state index contributed by atoms with van der Waals surface area (Å²) in [4.78, 5) is 22.3. The highest BCUT2D eigenvalue weighted by Gasteiger charge is 2.23. The molecule has 4 rings (SSSR count). The smallest absolute Gasteiger partial charge is 0.243 e. The molecule has 0 saturated heterocycles. The normalized spacial score (nSPS) is 12.0. The number of nitrogens with one attached hydrogen (secondary N) is 1. The molecule has 0 aliphatic rings. The number of rotatable bonds is 9. The van der Waals surface area contributed by atoms with Crippen molar-refractivity contribution in [3.05, 3.63) is 60.0 Å². The SMILES string of the molecule is CCN(CC)S(=O)(=O)c1ccc2c(c1)nc(CCC(=O)Nc1cccc3ccc(C)nc13)n2CC. The van der Waals surface area contributed by atoms with Crippen LogP contribution in [0.5, 0.6) is 0 Å². The van der Waals surface area contributed by atoms with Crippen LogP contribution in [0.3, 0.4) is 0 Å². The first kappa shape index (κ1) is 24.8. The second-order valence-electron chi connectivity index (χ2n) is 8.39. The average Bonchev–Trinajstić information content (AvgIpc) is 3.20. The molecule has 0 aliphatic heterocycles. The van der Waals surface area contributed by atoms with Crippen LogP contribution in [0.25, 0.3) is 21.9 Å². The number of aryl methyl sites for hydroxylation is 3. The molecule has 0 aliphatic carbocycles. The van der Waals surface area contributed by atoms with Gasteiger partial charge >= 0.3 is 0 Å². The predicted octanol–water partition coefficient (Wildman–Crippen LogP) is 4.51. The molecule has 4 aromatic rings. The molecule has 2 heterocycles. The molecule has 0 bridgehead atoms. The first-order chi connectivity index (χ1) is 16.8. The summed E-state index contributed by atoms with van der Waals surface area (Å²) in [5, 5.41) is 3.95. The van der Waals surface area contributed by atoms with Crippen LogP contribution >= 0.6 is 0 Å². The van der Waals surface area contributed by atoms with Crippen molar-refractivity contribution in [1.82, 2.24) is 18.8 Å². The summed E-state index contributed by atoms with van der Waals surface area (Å²) in [7, 11) is -3.57. The van der Waals surface area contributed by atoms with Crippen LogP contribution in [0, 0.1) is 6.92 Å². The number of anilines is 1. The fourth-order valence-corrected chi connectivity index (χ4v) is 5.84. The molecule has 1 amide bonds. The molecular weight excluding hydrogens is 462 g/mol. The Bertz CT molecular complexity index is 1490. The van der Waals surface area contributed by atoms with E-state index in [1.807, 2.05) is 62.6 Å². The molecule has 2 aromatic heterocycles. The van der Waals surface area contributed by atoms with E-state index in [0.717, 1.165) is 27.9 Å². The van der Waals surface area contributed by atoms with E-state index < -0.39 is 10.0 Å². The summed E-state index contributed by atoms with van der Waals surface area (Å²) in [5.74, 6) is 0.627. The van der Waals surface area contributed by atoms with Gasteiger partial charge in [0.1, 0.15) is 5.82 Å². The van der Waals surface area contributed by atoms with Gasteiger partial charge in [-0.25, -0.2) is 13.4 Å². The van der Waals surface area contributed by atoms with Gasteiger partial charge in [-0.1, -0.05) is 32.0 Å². The second-order valence-corrected chi connectivity index (χ2v) is 10.3. The van der Waals surface area contributed by atoms with E-state index in [4.69, 9.17) is 4.98 Å². The maximum Gasteiger partial charge on any atom is 0.243 e. The van der Waals surface area contributed by atoms with Gasteiger partial charge in [0.05, 0.1) is 27.1 Å². The van der Waals surface area contributed by atoms with E-state index in [1.165, 1.54) is 4.31 Å². The van der Waals surface area contributed by atoms with Crippen LogP contribution in [-0.4, -0.2) is 46.3 Å². The number of benzene rings is 2. The van der Waals surface area contributed by atoms with E-state index in [9.17, 15) is 13.2 Å². The molecule has 9 heteroatoms. The standard InChI is InChI=1S/C26H31N5O3S/c1-5-30(6-2)35(33,34)20-13-14-23-22(17-20)28-24(31(23)7-3)15-16-25(32)29-21-10-8-9-19-12-11-18(4)27-26(19)21/h8-14,17H,5-7,15-16H2,1-4H3,(H,29,32). The number of sulfonamides is 1. The number of carbonyl (C=O) groups excluding carboxylic acids is 1. The lowest BCUT2D eigenvalue weighted by atomic mass is 10.1. The van der Waals surface area contributed by atoms with Crippen LogP contribution in [0.4, 0.5) is 5.69 Å². The monoisotopic (exact) mass is 493 g/mol. The summed E-state index contributed by atoms with van der Waals surface area (Å²) in [6, 6.07) is 14.7. The van der Waals surface area contributed by atoms with Gasteiger partial charge in [0.15, 0.2) is 0 Å². The lowest BCUT2D eigenvalue weighted by Crippen LogP contribution is -2.30. The van der Waals surface area contributed by atoms with E-state index in [-0.39, 0.29) is 17.2 Å². The Kier molecular flexibility index (Phi) is 7.18. The predicted molar refractivity (Wildman–Crippen MR) is 139 cm³/mol. The van der Waals surface area contributed by atoms with Gasteiger partial charge in [0.2, 0.25) is 15.9 Å². The minimum Gasteiger partial charge on any atom is -0.328 e. The Morgan fingerprint density at radius 2 is 1.80 bits per heavy atom. The zero-order valence-electron chi connectivity index (χ0n) is 20.6. The van der Waals surface area contributed by atoms with Crippen LogP contribution < -0.4 is 5.32 Å². The highest BCUT2D eigenvalue weighted by Crippen LogP contribution is 2.25. The number of imidazole rings is 1. The molecule has 8 nitrogen and oxygen atoms in total. The number of para-hydroxylation sites is 1. The maximum atomic E-state index is 12.9. The highest BCUT2D eigenvalue weighted by atomic mass is 32.2. The second kappa shape index (κ2) is 10.1. The number of hydrogen-bond donors (Lipinski definition) is 1. The molecule has 0 saturated carbocycles. The zero-order valence-corrected chi connectivity index (χ0v) is 21.4. The van der Waals surface area contributed by atoms with Crippen molar-refractivity contribution < 1.29 is 13.2 Å². The van der Waals surface area contributed by atoms with E-state index in [0.29, 0.717) is 37.3 Å². The van der Waals surface area contributed by atoms with Crippen LogP contribution in [0.1, 0.15) is 38.7 Å². The minimum absolute atomic E-state index is 0.125. The lowest BCUT2D eigenvalue weighted by Gasteiger charge is -2.18. The van der Waals surface area contributed by atoms with E-state index >= 15 is 0 Å². The van der Waals surface area contributed by atoms with E-state index in [1.54, 1.807) is 18.2 Å². The van der Waals surface area contributed by atoms with E-state index in [2.05, 4.69) is 10.3 Å². The zero-order chi connectivity index (χ0) is 25.2. The minimum atomic E-state index is -3.57. The molecule has 184 valence electrons. The van der Waals surface area contributed by atoms with Gasteiger partial charge in [-0.2, -0.15) is 4.31 Å². The topological polar surface area (TPSA) is 97.2 Å². The van der Waals surface area contributed by atoms with Gasteiger partial charge in [0, 0.05) is 43.6 Å². The lowest BCUT2D eigenvalue weighted by molar-refractivity contribution is -0.116. The summed E-state index contributed by atoms with van der Waals surface area (Å²) in [5.41, 5.74) is 3.81. The van der Waals surface area contributed by atoms with Crippen molar-refractivity contribution in [2.75, 3.05) is 18.4 Å². The van der Waals surface area contributed by atoms with Crippen LogP contribution in [-0.2, 0) is 27.8 Å². The Morgan fingerprint density at radius 3 is 2.51 bits per heavy atom. The van der Waals surface area contributed by atoms with Crippen molar-refractivity contribution in [2.45, 2.75) is 52.0 Å². The first-order valence-electron chi connectivity index (χ1n) is 11.9. The third kappa shape index (κ3) is 4.92. The molecule has 0 spiro atoms. The molecular formula is C26H31N5O3S. The van der Waals surface area contributed by atoms with Gasteiger partial charge in [0.25, 0.3) is 0 Å². The number of fused-ring (bicyclic) bond motifs is 2. The highest BCUT2D eigenvalue weighted by molar-refractivity contribution is 7.89. The number of amides is 1. The fourth-order valence-electron chi connectivity index (χ4n) is 4.36. The molecule has 1 N–H and O–H groups in total. The van der Waals surface area contributed by atoms with Crippen molar-refractivity contribution in [1.29, 1.82) is 0 Å². The van der Waals surface area contributed by atoms with Gasteiger partial charge < -0.3 is 9.88 Å². The summed E-state index contributed by atoms with van der Waals surface area (Å²) in [6.45, 7) is 9.07. The quantitative estimate of drug-likeness (QED) is 0.370. The largest absolute Gasteiger partial charge is 0.328 e. The summed E-state index contributed by atoms with van der Waals surface area (Å²) < 4.78 is 29.3. The average molecular weight is 494 g/mol. The van der Waals surface area contributed by atoms with Crippen molar-refractivity contribution in [3.63, 3.8) is 0 Å². The molecule has 0 unspecified atom stereocenters. The van der Waals surface area contributed by atoms with Crippen molar-refractivity contribution in [3.8, 4) is 0 Å². The molecule has 35 heavy (non-hydrogen) atoms.